The second-order valence-electron chi connectivity index (χ2n) is 5.75. The molecule has 5 heteroatoms. The van der Waals surface area contributed by atoms with Crippen molar-refractivity contribution in [2.45, 2.75) is 0 Å². The zero-order valence-corrected chi connectivity index (χ0v) is 14.1. The van der Waals surface area contributed by atoms with Gasteiger partial charge in [0.1, 0.15) is 17.4 Å². The summed E-state index contributed by atoms with van der Waals surface area (Å²) in [4.78, 5) is 12.2. The Morgan fingerprint density at radius 2 is 1.62 bits per heavy atom. The molecule has 0 fully saturated rings. The summed E-state index contributed by atoms with van der Waals surface area (Å²) >= 11 is 0. The third-order valence-corrected chi connectivity index (χ3v) is 4.15. The molecule has 0 amide bonds. The quantitative estimate of drug-likeness (QED) is 0.569. The summed E-state index contributed by atoms with van der Waals surface area (Å²) in [7, 11) is 1.63. The number of methoxy groups -OCH3 is 1. The van der Waals surface area contributed by atoms with Crippen LogP contribution in [0.1, 0.15) is 0 Å². The molecule has 0 aliphatic carbocycles. The maximum Gasteiger partial charge on any atom is 0.142 e. The Labute approximate surface area is 150 Å². The van der Waals surface area contributed by atoms with Gasteiger partial charge in [-0.25, -0.2) is 9.37 Å². The highest BCUT2D eigenvalue weighted by molar-refractivity contribution is 5.81. The summed E-state index contributed by atoms with van der Waals surface area (Å²) in [5, 5.41) is 0. The van der Waals surface area contributed by atoms with Crippen LogP contribution in [0.5, 0.6) is 5.75 Å². The predicted octanol–water partition coefficient (Wildman–Crippen LogP) is 4.95. The summed E-state index contributed by atoms with van der Waals surface area (Å²) in [6.45, 7) is 0. The van der Waals surface area contributed by atoms with Crippen molar-refractivity contribution in [3.63, 3.8) is 0 Å². The van der Waals surface area contributed by atoms with Gasteiger partial charge in [-0.1, -0.05) is 12.1 Å². The van der Waals surface area contributed by atoms with Crippen LogP contribution in [0.2, 0.25) is 0 Å². The zero-order chi connectivity index (χ0) is 17.9. The molecule has 0 bridgehead atoms. The number of rotatable bonds is 4. The van der Waals surface area contributed by atoms with Gasteiger partial charge in [0.2, 0.25) is 0 Å². The van der Waals surface area contributed by atoms with E-state index in [9.17, 15) is 4.39 Å². The number of benzene rings is 2. The molecule has 0 unspecified atom stereocenters. The predicted molar refractivity (Wildman–Crippen MR) is 99.2 cm³/mol. The lowest BCUT2D eigenvalue weighted by Crippen LogP contribution is -1.88. The highest BCUT2D eigenvalue weighted by atomic mass is 19.1. The van der Waals surface area contributed by atoms with Crippen LogP contribution in [-0.4, -0.2) is 22.1 Å². The Balaban J connectivity index is 1.92. The number of imidazole rings is 1. The van der Waals surface area contributed by atoms with Crippen LogP contribution in [-0.2, 0) is 0 Å². The SMILES string of the molecule is COc1ccccc1-c1nc(-c2ccc(F)cc2)c(-c2ccncc2)[nH]1. The van der Waals surface area contributed by atoms with Crippen molar-refractivity contribution in [3.8, 4) is 39.7 Å². The van der Waals surface area contributed by atoms with Gasteiger partial charge in [-0.3, -0.25) is 4.98 Å². The minimum Gasteiger partial charge on any atom is -0.496 e. The standard InChI is InChI=1S/C21H16FN3O/c1-26-18-5-3-2-4-17(18)21-24-19(14-6-8-16(22)9-7-14)20(25-21)15-10-12-23-13-11-15/h2-13H,1H3,(H,24,25). The molecule has 128 valence electrons. The molecule has 0 aliphatic rings. The van der Waals surface area contributed by atoms with Crippen LogP contribution in [0, 0.1) is 5.82 Å². The highest BCUT2D eigenvalue weighted by Crippen LogP contribution is 2.35. The lowest BCUT2D eigenvalue weighted by molar-refractivity contribution is 0.416. The Morgan fingerprint density at radius 1 is 0.885 bits per heavy atom. The van der Waals surface area contributed by atoms with Crippen LogP contribution in [0.3, 0.4) is 0 Å². The maximum absolute atomic E-state index is 13.3. The first-order chi connectivity index (χ1) is 12.8. The number of H-pyrrole nitrogens is 1. The number of hydrogen-bond acceptors (Lipinski definition) is 3. The Bertz CT molecular complexity index is 1030. The second-order valence-corrected chi connectivity index (χ2v) is 5.75. The first-order valence-electron chi connectivity index (χ1n) is 8.16. The van der Waals surface area contributed by atoms with Gasteiger partial charge in [0.15, 0.2) is 0 Å². The molecular formula is C21H16FN3O. The van der Waals surface area contributed by atoms with Gasteiger partial charge < -0.3 is 9.72 Å². The van der Waals surface area contributed by atoms with E-state index < -0.39 is 0 Å². The number of pyridine rings is 1. The third kappa shape index (κ3) is 2.95. The fourth-order valence-corrected chi connectivity index (χ4v) is 2.89. The van der Waals surface area contributed by atoms with E-state index in [-0.39, 0.29) is 5.82 Å². The average Bonchev–Trinajstić information content (AvgIpc) is 3.14. The molecule has 0 saturated carbocycles. The lowest BCUT2D eigenvalue weighted by atomic mass is 10.1. The van der Waals surface area contributed by atoms with Crippen LogP contribution >= 0.6 is 0 Å². The smallest absolute Gasteiger partial charge is 0.142 e. The zero-order valence-electron chi connectivity index (χ0n) is 14.1. The molecule has 0 atom stereocenters. The minimum absolute atomic E-state index is 0.278. The van der Waals surface area contributed by atoms with Gasteiger partial charge in [-0.15, -0.1) is 0 Å². The summed E-state index contributed by atoms with van der Waals surface area (Å²) in [5.41, 5.74) is 4.24. The van der Waals surface area contributed by atoms with Crippen molar-refractivity contribution in [1.29, 1.82) is 0 Å². The van der Waals surface area contributed by atoms with Gasteiger partial charge in [-0.2, -0.15) is 0 Å². The summed E-state index contributed by atoms with van der Waals surface area (Å²) in [6, 6.07) is 17.8. The van der Waals surface area contributed by atoms with Crippen LogP contribution in [0.25, 0.3) is 33.9 Å². The number of aromatic amines is 1. The number of para-hydroxylation sites is 1. The van der Waals surface area contributed by atoms with Crippen LogP contribution in [0.15, 0.2) is 73.1 Å². The normalized spacial score (nSPS) is 10.7. The number of aromatic nitrogens is 3. The van der Waals surface area contributed by atoms with Gasteiger partial charge in [-0.05, 0) is 48.5 Å². The molecule has 1 N–H and O–H groups in total. The molecular weight excluding hydrogens is 329 g/mol. The van der Waals surface area contributed by atoms with Crippen molar-refractivity contribution in [1.82, 2.24) is 15.0 Å². The molecule has 4 nitrogen and oxygen atoms in total. The first-order valence-corrected chi connectivity index (χ1v) is 8.16. The van der Waals surface area contributed by atoms with Gasteiger partial charge in [0.25, 0.3) is 0 Å². The molecule has 4 aromatic rings. The van der Waals surface area contributed by atoms with E-state index in [0.29, 0.717) is 5.82 Å². The van der Waals surface area contributed by atoms with Gasteiger partial charge in [0, 0.05) is 23.5 Å². The fourth-order valence-electron chi connectivity index (χ4n) is 2.89. The maximum atomic E-state index is 13.3. The Hall–Kier alpha value is -3.47. The van der Waals surface area contributed by atoms with E-state index in [1.165, 1.54) is 12.1 Å². The van der Waals surface area contributed by atoms with Crippen LogP contribution in [0.4, 0.5) is 4.39 Å². The Kier molecular flexibility index (Phi) is 4.19. The lowest BCUT2D eigenvalue weighted by Gasteiger charge is -2.04. The molecule has 26 heavy (non-hydrogen) atoms. The summed E-state index contributed by atoms with van der Waals surface area (Å²) in [5.74, 6) is 1.14. The van der Waals surface area contributed by atoms with Gasteiger partial charge >= 0.3 is 0 Å². The van der Waals surface area contributed by atoms with Crippen molar-refractivity contribution in [3.05, 3.63) is 78.9 Å². The molecule has 0 radical (unpaired) electrons. The Morgan fingerprint density at radius 3 is 2.35 bits per heavy atom. The van der Waals surface area contributed by atoms with E-state index >= 15 is 0 Å². The van der Waals surface area contributed by atoms with Crippen molar-refractivity contribution < 1.29 is 9.13 Å². The van der Waals surface area contributed by atoms with E-state index in [2.05, 4.69) is 9.97 Å². The van der Waals surface area contributed by atoms with Crippen LogP contribution < -0.4 is 4.74 Å². The number of ether oxygens (including phenoxy) is 1. The molecule has 0 spiro atoms. The van der Waals surface area contributed by atoms with Gasteiger partial charge in [0.05, 0.1) is 24.1 Å². The summed E-state index contributed by atoms with van der Waals surface area (Å²) < 4.78 is 18.8. The van der Waals surface area contributed by atoms with E-state index in [0.717, 1.165) is 33.8 Å². The van der Waals surface area contributed by atoms with E-state index in [1.807, 2.05) is 36.4 Å². The van der Waals surface area contributed by atoms with Crippen molar-refractivity contribution in [2.24, 2.45) is 0 Å². The van der Waals surface area contributed by atoms with E-state index in [4.69, 9.17) is 9.72 Å². The molecule has 2 aromatic carbocycles. The highest BCUT2D eigenvalue weighted by Gasteiger charge is 2.17. The number of halogens is 1. The fraction of sp³-hybridized carbons (Fsp3) is 0.0476. The molecule has 0 aliphatic heterocycles. The average molecular weight is 345 g/mol. The monoisotopic (exact) mass is 345 g/mol. The first kappa shape index (κ1) is 16.0. The molecule has 2 heterocycles. The second kappa shape index (κ2) is 6.80. The topological polar surface area (TPSA) is 50.8 Å². The number of nitrogens with one attached hydrogen (secondary N) is 1. The number of hydrogen-bond donors (Lipinski definition) is 1. The third-order valence-electron chi connectivity index (χ3n) is 4.15. The summed E-state index contributed by atoms with van der Waals surface area (Å²) in [6.07, 6.45) is 3.46. The largest absolute Gasteiger partial charge is 0.496 e. The van der Waals surface area contributed by atoms with Crippen molar-refractivity contribution in [2.75, 3.05) is 7.11 Å². The molecule has 4 rings (SSSR count). The minimum atomic E-state index is -0.278. The van der Waals surface area contributed by atoms with E-state index in [1.54, 1.807) is 31.6 Å². The van der Waals surface area contributed by atoms with Crippen molar-refractivity contribution >= 4 is 0 Å². The number of nitrogens with zero attached hydrogens (tertiary/aromatic N) is 2. The molecule has 0 saturated heterocycles. The molecule has 2 aromatic heterocycles.